The van der Waals surface area contributed by atoms with Gasteiger partial charge in [0.2, 0.25) is 5.71 Å². The van der Waals surface area contributed by atoms with E-state index in [1.807, 2.05) is 12.1 Å². The second kappa shape index (κ2) is 6.08. The van der Waals surface area contributed by atoms with Gasteiger partial charge in [-0.1, -0.05) is 0 Å². The van der Waals surface area contributed by atoms with Gasteiger partial charge in [0.15, 0.2) is 0 Å². The third-order valence-corrected chi connectivity index (χ3v) is 5.02. The number of hydrogen-bond donors (Lipinski definition) is 2. The van der Waals surface area contributed by atoms with Crippen molar-refractivity contribution in [3.63, 3.8) is 0 Å². The molecule has 3 N–H and O–H groups in total. The summed E-state index contributed by atoms with van der Waals surface area (Å²) >= 11 is 0. The van der Waals surface area contributed by atoms with E-state index in [2.05, 4.69) is 17.2 Å². The molecule has 2 aromatic rings. The molecule has 0 radical (unpaired) electrons. The lowest BCUT2D eigenvalue weighted by atomic mass is 9.70. The largest absolute Gasteiger partial charge is 0.446 e. The third kappa shape index (κ3) is 2.86. The molecule has 5 heteroatoms. The molecule has 0 amide bonds. The number of nitrogens with one attached hydrogen (secondary N) is 1. The molecule has 0 saturated heterocycles. The van der Waals surface area contributed by atoms with Crippen molar-refractivity contribution in [2.24, 2.45) is 17.1 Å². The minimum absolute atomic E-state index is 0.211. The zero-order valence-electron chi connectivity index (χ0n) is 12.9. The Kier molecular flexibility index (Phi) is 4.16. The van der Waals surface area contributed by atoms with Crippen LogP contribution in [0.25, 0.3) is 11.1 Å². The fraction of sp³-hybridized carbons (Fsp3) is 0.529. The molecule has 1 unspecified atom stereocenters. The summed E-state index contributed by atoms with van der Waals surface area (Å²) in [6.07, 6.45) is 8.32. The summed E-state index contributed by atoms with van der Waals surface area (Å²) in [5.74, 6) is 0.537. The maximum atomic E-state index is 11.7. The normalized spacial score (nSPS) is 26.7. The van der Waals surface area contributed by atoms with Gasteiger partial charge in [0, 0.05) is 29.9 Å². The first-order valence-electron chi connectivity index (χ1n) is 7.91. The van der Waals surface area contributed by atoms with E-state index >= 15 is 0 Å². The Bertz CT molecular complexity index is 642. The molecule has 0 aliphatic heterocycles. The predicted octanol–water partition coefficient (Wildman–Crippen LogP) is 2.96. The quantitative estimate of drug-likeness (QED) is 0.830. The highest BCUT2D eigenvalue weighted by atomic mass is 16.3. The maximum Gasteiger partial charge on any atom is 0.227 e. The van der Waals surface area contributed by atoms with Gasteiger partial charge in [-0.25, -0.2) is 4.98 Å². The van der Waals surface area contributed by atoms with Crippen molar-refractivity contribution in [2.45, 2.75) is 38.6 Å². The van der Waals surface area contributed by atoms with Crippen LogP contribution in [0.4, 0.5) is 5.69 Å². The average molecular weight is 301 g/mol. The van der Waals surface area contributed by atoms with Crippen LogP contribution in [0.3, 0.4) is 0 Å². The van der Waals surface area contributed by atoms with Crippen molar-refractivity contribution >= 4 is 23.1 Å². The lowest BCUT2D eigenvalue weighted by Gasteiger charge is -2.37. The van der Waals surface area contributed by atoms with E-state index in [0.29, 0.717) is 18.2 Å². The van der Waals surface area contributed by atoms with E-state index in [9.17, 15) is 4.79 Å². The number of hydrogen-bond acceptors (Lipinski definition) is 5. The molecule has 5 nitrogen and oxygen atoms in total. The fourth-order valence-electron chi connectivity index (χ4n) is 3.38. The fourth-order valence-corrected chi connectivity index (χ4v) is 3.38. The molecule has 1 fully saturated rings. The number of aldehydes is 1. The Labute approximate surface area is 130 Å². The lowest BCUT2D eigenvalue weighted by Crippen LogP contribution is -2.39. The minimum Gasteiger partial charge on any atom is -0.446 e. The highest BCUT2D eigenvalue weighted by Crippen LogP contribution is 2.39. The van der Waals surface area contributed by atoms with Gasteiger partial charge in [-0.15, -0.1) is 0 Å². The van der Waals surface area contributed by atoms with Gasteiger partial charge in [0.25, 0.3) is 0 Å². The van der Waals surface area contributed by atoms with Gasteiger partial charge in [0.05, 0.1) is 11.6 Å². The van der Waals surface area contributed by atoms with Crippen LogP contribution in [0.15, 0.2) is 29.0 Å². The number of nitrogens with zero attached hydrogens (tertiary/aromatic N) is 1. The number of carbonyl (C=O) groups is 1. The Morgan fingerprint density at radius 2 is 2.27 bits per heavy atom. The number of nitrogens with two attached hydrogens (primary N) is 1. The molecular formula is C17H23N3O2. The summed E-state index contributed by atoms with van der Waals surface area (Å²) in [5, 5.41) is 4.37. The highest BCUT2D eigenvalue weighted by Gasteiger charge is 2.36. The summed E-state index contributed by atoms with van der Waals surface area (Å²) in [6, 6.07) is 4.03. The molecule has 0 bridgehead atoms. The minimum atomic E-state index is -0.287. The van der Waals surface area contributed by atoms with E-state index in [1.54, 1.807) is 12.5 Å². The average Bonchev–Trinajstić information content (AvgIpc) is 3.02. The molecule has 0 aromatic carbocycles. The molecule has 2 aromatic heterocycles. The monoisotopic (exact) mass is 301 g/mol. The van der Waals surface area contributed by atoms with Crippen molar-refractivity contribution in [3.8, 4) is 0 Å². The van der Waals surface area contributed by atoms with Crippen LogP contribution in [0.1, 0.15) is 32.6 Å². The molecule has 118 valence electrons. The van der Waals surface area contributed by atoms with Crippen LogP contribution in [0.5, 0.6) is 0 Å². The van der Waals surface area contributed by atoms with E-state index in [1.165, 1.54) is 0 Å². The van der Waals surface area contributed by atoms with Crippen LogP contribution >= 0.6 is 0 Å². The van der Waals surface area contributed by atoms with E-state index in [-0.39, 0.29) is 11.5 Å². The molecular weight excluding hydrogens is 278 g/mol. The zero-order chi connectivity index (χ0) is 15.6. The first kappa shape index (κ1) is 15.0. The van der Waals surface area contributed by atoms with Gasteiger partial charge in [-0.2, -0.15) is 0 Å². The van der Waals surface area contributed by atoms with Crippen LogP contribution in [0.2, 0.25) is 0 Å². The Balaban J connectivity index is 1.69. The van der Waals surface area contributed by atoms with Crippen LogP contribution in [-0.4, -0.2) is 23.9 Å². The molecule has 1 aliphatic rings. The molecule has 1 saturated carbocycles. The lowest BCUT2D eigenvalue weighted by molar-refractivity contribution is -0.117. The van der Waals surface area contributed by atoms with Crippen LogP contribution < -0.4 is 11.1 Å². The second-order valence-corrected chi connectivity index (χ2v) is 6.53. The molecule has 0 spiro atoms. The van der Waals surface area contributed by atoms with Crippen LogP contribution in [-0.2, 0) is 4.79 Å². The Morgan fingerprint density at radius 3 is 2.95 bits per heavy atom. The summed E-state index contributed by atoms with van der Waals surface area (Å²) in [6.45, 7) is 2.70. The molecule has 1 atom stereocenters. The summed E-state index contributed by atoms with van der Waals surface area (Å²) in [4.78, 5) is 15.9. The van der Waals surface area contributed by atoms with Crippen molar-refractivity contribution in [3.05, 3.63) is 24.6 Å². The standard InChI is InChI=1S/C17H23N3O2/c1-12(18)13-2-6-17(11-21,7-3-13)10-20-15-4-8-19-16-14(15)5-9-22-16/h4-5,8-9,11-13H,2-3,6-7,10,18H2,1H3,(H,19,20). The van der Waals surface area contributed by atoms with Crippen molar-refractivity contribution in [2.75, 3.05) is 11.9 Å². The van der Waals surface area contributed by atoms with Gasteiger partial charge < -0.3 is 20.3 Å². The van der Waals surface area contributed by atoms with E-state index < -0.39 is 0 Å². The smallest absolute Gasteiger partial charge is 0.227 e. The first-order valence-corrected chi connectivity index (χ1v) is 7.91. The number of pyridine rings is 1. The van der Waals surface area contributed by atoms with Gasteiger partial charge >= 0.3 is 0 Å². The number of carbonyl (C=O) groups excluding carboxylic acids is 1. The molecule has 2 heterocycles. The highest BCUT2D eigenvalue weighted by molar-refractivity contribution is 5.87. The number of fused-ring (bicyclic) bond motifs is 1. The maximum absolute atomic E-state index is 11.7. The third-order valence-electron chi connectivity index (χ3n) is 5.02. The van der Waals surface area contributed by atoms with Crippen molar-refractivity contribution in [1.82, 2.24) is 4.98 Å². The van der Waals surface area contributed by atoms with Gasteiger partial charge in [-0.05, 0) is 50.7 Å². The molecule has 22 heavy (non-hydrogen) atoms. The number of aromatic nitrogens is 1. The van der Waals surface area contributed by atoms with Gasteiger partial charge in [-0.3, -0.25) is 0 Å². The van der Waals surface area contributed by atoms with Gasteiger partial charge in [0.1, 0.15) is 6.29 Å². The predicted molar refractivity (Wildman–Crippen MR) is 86.6 cm³/mol. The van der Waals surface area contributed by atoms with Crippen molar-refractivity contribution in [1.29, 1.82) is 0 Å². The summed E-state index contributed by atoms with van der Waals surface area (Å²) in [5.41, 5.74) is 7.29. The number of anilines is 1. The summed E-state index contributed by atoms with van der Waals surface area (Å²) in [7, 11) is 0. The zero-order valence-corrected chi connectivity index (χ0v) is 12.9. The van der Waals surface area contributed by atoms with E-state index in [4.69, 9.17) is 10.2 Å². The molecule has 1 aliphatic carbocycles. The molecule has 3 rings (SSSR count). The van der Waals surface area contributed by atoms with Crippen molar-refractivity contribution < 1.29 is 9.21 Å². The number of rotatable bonds is 5. The topological polar surface area (TPSA) is 81.2 Å². The second-order valence-electron chi connectivity index (χ2n) is 6.53. The van der Waals surface area contributed by atoms with E-state index in [0.717, 1.165) is 43.0 Å². The number of furan rings is 1. The first-order chi connectivity index (χ1) is 10.6. The van der Waals surface area contributed by atoms with Crippen LogP contribution in [0, 0.1) is 11.3 Å². The summed E-state index contributed by atoms with van der Waals surface area (Å²) < 4.78 is 5.31. The Morgan fingerprint density at radius 1 is 1.50 bits per heavy atom. The Hall–Kier alpha value is -1.88. The SMILES string of the molecule is CC(N)C1CCC(C=O)(CNc2ccnc3occc23)CC1.